The summed E-state index contributed by atoms with van der Waals surface area (Å²) in [5.74, 6) is 0.775. The number of aromatic nitrogens is 1. The number of hydrogen-bond donors (Lipinski definition) is 1. The molecule has 2 amide bonds. The van der Waals surface area contributed by atoms with Crippen molar-refractivity contribution in [3.8, 4) is 17.4 Å². The van der Waals surface area contributed by atoms with Gasteiger partial charge in [-0.3, -0.25) is 9.59 Å². The van der Waals surface area contributed by atoms with Crippen LogP contribution in [0.15, 0.2) is 36.5 Å². The lowest BCUT2D eigenvalue weighted by molar-refractivity contribution is -0.122. The third-order valence-corrected chi connectivity index (χ3v) is 4.39. The van der Waals surface area contributed by atoms with Gasteiger partial charge in [0.15, 0.2) is 0 Å². The zero-order valence-corrected chi connectivity index (χ0v) is 15.4. The maximum absolute atomic E-state index is 12.5. The number of hydrogen-bond acceptors (Lipinski definition) is 6. The second kappa shape index (κ2) is 7.94. The molecule has 0 spiro atoms. The number of amides is 2. The van der Waals surface area contributed by atoms with E-state index in [1.54, 1.807) is 42.3 Å². The minimum absolute atomic E-state index is 0.130. The highest BCUT2D eigenvalue weighted by molar-refractivity contribution is 6.04. The topological polar surface area (TPSA) is 90.0 Å². The number of nitrogens with one attached hydrogen (secondary N) is 1. The molecule has 0 aliphatic carbocycles. The maximum Gasteiger partial charge on any atom is 0.229 e. The molecule has 1 aromatic carbocycles. The molecule has 1 N–H and O–H groups in total. The second-order valence-corrected chi connectivity index (χ2v) is 6.02. The van der Waals surface area contributed by atoms with Gasteiger partial charge in [0.1, 0.15) is 11.5 Å². The van der Waals surface area contributed by atoms with Crippen molar-refractivity contribution in [3.05, 3.63) is 36.5 Å². The Morgan fingerprint density at radius 3 is 2.59 bits per heavy atom. The highest BCUT2D eigenvalue weighted by Gasteiger charge is 2.36. The van der Waals surface area contributed by atoms with Crippen molar-refractivity contribution in [2.24, 2.45) is 5.92 Å². The van der Waals surface area contributed by atoms with E-state index in [-0.39, 0.29) is 24.8 Å². The van der Waals surface area contributed by atoms with Crippen LogP contribution >= 0.6 is 0 Å². The minimum Gasteiger partial charge on any atom is -0.497 e. The minimum atomic E-state index is -0.466. The van der Waals surface area contributed by atoms with Crippen LogP contribution in [0.2, 0.25) is 0 Å². The molecule has 0 unspecified atom stereocenters. The van der Waals surface area contributed by atoms with E-state index in [0.717, 1.165) is 0 Å². The maximum atomic E-state index is 12.5. The molecule has 1 saturated heterocycles. The fourth-order valence-corrected chi connectivity index (χ4v) is 2.94. The average Bonchev–Trinajstić information content (AvgIpc) is 3.09. The fraction of sp³-hybridized carbons (Fsp3) is 0.316. The van der Waals surface area contributed by atoms with Gasteiger partial charge in [0.25, 0.3) is 0 Å². The lowest BCUT2D eigenvalue weighted by atomic mass is 10.1. The van der Waals surface area contributed by atoms with Crippen LogP contribution in [0.3, 0.4) is 0 Å². The molecule has 1 fully saturated rings. The molecule has 1 atom stereocenters. The third-order valence-electron chi connectivity index (χ3n) is 4.39. The standard InChI is InChI=1S/C19H21N3O5/c1-25-14-5-6-15(16(9-14)26-2)22-11-12(8-18(22)23)19(24)21-13-4-7-17(27-3)20-10-13/h4-7,9-10,12H,8,11H2,1-3H3,(H,21,24)/t12-/m0/s1. The number of pyridine rings is 1. The molecule has 1 aliphatic rings. The summed E-state index contributed by atoms with van der Waals surface area (Å²) in [7, 11) is 4.61. The van der Waals surface area contributed by atoms with Gasteiger partial charge < -0.3 is 24.4 Å². The van der Waals surface area contributed by atoms with E-state index in [0.29, 0.717) is 28.8 Å². The molecule has 1 aromatic heterocycles. The highest BCUT2D eigenvalue weighted by atomic mass is 16.5. The van der Waals surface area contributed by atoms with Gasteiger partial charge in [-0.15, -0.1) is 0 Å². The molecule has 3 rings (SSSR count). The lowest BCUT2D eigenvalue weighted by Crippen LogP contribution is -2.28. The van der Waals surface area contributed by atoms with Crippen molar-refractivity contribution in [1.82, 2.24) is 4.98 Å². The lowest BCUT2D eigenvalue weighted by Gasteiger charge is -2.20. The normalized spacial score (nSPS) is 16.2. The van der Waals surface area contributed by atoms with E-state index in [1.807, 2.05) is 0 Å². The summed E-state index contributed by atoms with van der Waals surface area (Å²) < 4.78 is 15.5. The zero-order chi connectivity index (χ0) is 19.4. The summed E-state index contributed by atoms with van der Waals surface area (Å²) in [6.45, 7) is 0.275. The van der Waals surface area contributed by atoms with Crippen LogP contribution in [0.25, 0.3) is 0 Å². The van der Waals surface area contributed by atoms with Crippen LogP contribution in [0.1, 0.15) is 6.42 Å². The summed E-state index contributed by atoms with van der Waals surface area (Å²) >= 11 is 0. The van der Waals surface area contributed by atoms with E-state index in [4.69, 9.17) is 14.2 Å². The Balaban J connectivity index is 1.72. The summed E-state index contributed by atoms with van der Waals surface area (Å²) in [6, 6.07) is 8.57. The molecule has 8 heteroatoms. The number of carbonyl (C=O) groups is 2. The molecule has 0 radical (unpaired) electrons. The van der Waals surface area contributed by atoms with Crippen molar-refractivity contribution in [2.45, 2.75) is 6.42 Å². The molecule has 8 nitrogen and oxygen atoms in total. The van der Waals surface area contributed by atoms with E-state index >= 15 is 0 Å². The second-order valence-electron chi connectivity index (χ2n) is 6.02. The quantitative estimate of drug-likeness (QED) is 0.836. The summed E-state index contributed by atoms with van der Waals surface area (Å²) in [4.78, 5) is 30.6. The average molecular weight is 371 g/mol. The Morgan fingerprint density at radius 1 is 1.15 bits per heavy atom. The third kappa shape index (κ3) is 3.94. The van der Waals surface area contributed by atoms with Gasteiger partial charge in [0.05, 0.1) is 44.8 Å². The molecule has 2 heterocycles. The van der Waals surface area contributed by atoms with Crippen molar-refractivity contribution >= 4 is 23.2 Å². The van der Waals surface area contributed by atoms with Gasteiger partial charge in [0, 0.05) is 25.1 Å². The number of nitrogens with zero attached hydrogens (tertiary/aromatic N) is 2. The SMILES string of the molecule is COc1ccc(N2C[C@@H](C(=O)Nc3ccc(OC)nc3)CC2=O)c(OC)c1. The number of methoxy groups -OCH3 is 3. The smallest absolute Gasteiger partial charge is 0.229 e. The van der Waals surface area contributed by atoms with E-state index in [9.17, 15) is 9.59 Å². The van der Waals surface area contributed by atoms with Crippen LogP contribution < -0.4 is 24.4 Å². The van der Waals surface area contributed by atoms with Crippen LogP contribution in [-0.2, 0) is 9.59 Å². The molecule has 2 aromatic rings. The first-order valence-electron chi connectivity index (χ1n) is 8.39. The van der Waals surface area contributed by atoms with E-state index in [1.165, 1.54) is 20.4 Å². The Kier molecular flexibility index (Phi) is 5.44. The van der Waals surface area contributed by atoms with Gasteiger partial charge in [-0.05, 0) is 18.2 Å². The Labute approximate surface area is 157 Å². The molecule has 142 valence electrons. The fourth-order valence-electron chi connectivity index (χ4n) is 2.94. The Hall–Kier alpha value is -3.29. The number of carbonyl (C=O) groups excluding carboxylic acids is 2. The first-order chi connectivity index (χ1) is 13.0. The molecular weight excluding hydrogens is 350 g/mol. The van der Waals surface area contributed by atoms with Crippen LogP contribution in [0, 0.1) is 5.92 Å². The Bertz CT molecular complexity index is 838. The first-order valence-corrected chi connectivity index (χ1v) is 8.39. The van der Waals surface area contributed by atoms with Crippen molar-refractivity contribution in [2.75, 3.05) is 38.1 Å². The summed E-state index contributed by atoms with van der Waals surface area (Å²) in [6.07, 6.45) is 1.64. The van der Waals surface area contributed by atoms with E-state index < -0.39 is 5.92 Å². The van der Waals surface area contributed by atoms with Gasteiger partial charge >= 0.3 is 0 Å². The molecule has 0 bridgehead atoms. The molecule has 1 aliphatic heterocycles. The molecule has 27 heavy (non-hydrogen) atoms. The summed E-state index contributed by atoms with van der Waals surface area (Å²) in [5, 5.41) is 2.79. The first kappa shape index (κ1) is 18.5. The summed E-state index contributed by atoms with van der Waals surface area (Å²) in [5.41, 5.74) is 1.17. The van der Waals surface area contributed by atoms with Gasteiger partial charge in [0.2, 0.25) is 17.7 Å². The number of benzene rings is 1. The Morgan fingerprint density at radius 2 is 1.96 bits per heavy atom. The van der Waals surface area contributed by atoms with Gasteiger partial charge in [-0.1, -0.05) is 0 Å². The monoisotopic (exact) mass is 371 g/mol. The van der Waals surface area contributed by atoms with Gasteiger partial charge in [-0.2, -0.15) is 0 Å². The van der Waals surface area contributed by atoms with Crippen LogP contribution in [0.5, 0.6) is 17.4 Å². The highest BCUT2D eigenvalue weighted by Crippen LogP contribution is 2.36. The predicted molar refractivity (Wildman–Crippen MR) is 99.4 cm³/mol. The molecule has 0 saturated carbocycles. The number of ether oxygens (including phenoxy) is 3. The van der Waals surface area contributed by atoms with Crippen LogP contribution in [-0.4, -0.2) is 44.7 Å². The number of rotatable bonds is 6. The van der Waals surface area contributed by atoms with Crippen molar-refractivity contribution < 1.29 is 23.8 Å². The van der Waals surface area contributed by atoms with Crippen molar-refractivity contribution in [1.29, 1.82) is 0 Å². The van der Waals surface area contributed by atoms with Crippen LogP contribution in [0.4, 0.5) is 11.4 Å². The van der Waals surface area contributed by atoms with Gasteiger partial charge in [-0.25, -0.2) is 4.98 Å². The number of anilines is 2. The predicted octanol–water partition coefficient (Wildman–Crippen LogP) is 2.10. The zero-order valence-electron chi connectivity index (χ0n) is 15.4. The van der Waals surface area contributed by atoms with E-state index in [2.05, 4.69) is 10.3 Å². The van der Waals surface area contributed by atoms with Crippen molar-refractivity contribution in [3.63, 3.8) is 0 Å². The largest absolute Gasteiger partial charge is 0.497 e. The molecular formula is C19H21N3O5.